The molecule has 3 heterocycles. The molecule has 10 heteroatoms. The molecule has 182 valence electrons. The molecule has 0 bridgehead atoms. The first-order valence-electron chi connectivity index (χ1n) is 11.2. The summed E-state index contributed by atoms with van der Waals surface area (Å²) in [4.78, 5) is 29.6. The van der Waals surface area contributed by atoms with Gasteiger partial charge in [-0.05, 0) is 37.6 Å². The van der Waals surface area contributed by atoms with Crippen LogP contribution in [0.1, 0.15) is 24.2 Å². The van der Waals surface area contributed by atoms with E-state index in [1.54, 1.807) is 42.5 Å². The molecule has 1 atom stereocenters. The number of aromatic nitrogens is 3. The third kappa shape index (κ3) is 4.01. The fourth-order valence-corrected chi connectivity index (χ4v) is 4.43. The molecular weight excluding hydrogens is 452 g/mol. The lowest BCUT2D eigenvalue weighted by molar-refractivity contribution is -0.122. The lowest BCUT2D eigenvalue weighted by Gasteiger charge is -2.21. The molecule has 1 aliphatic rings. The zero-order valence-electron chi connectivity index (χ0n) is 20.0. The average Bonchev–Trinajstić information content (AvgIpc) is 3.14. The lowest BCUT2D eigenvalue weighted by atomic mass is 10.1. The van der Waals surface area contributed by atoms with Crippen molar-refractivity contribution in [3.63, 3.8) is 0 Å². The second kappa shape index (κ2) is 8.86. The molecule has 0 spiro atoms. The van der Waals surface area contributed by atoms with E-state index < -0.39 is 0 Å². The molecule has 2 aromatic carbocycles. The average molecular weight is 479 g/mol. The van der Waals surface area contributed by atoms with Crippen LogP contribution in [0, 0.1) is 6.92 Å². The second-order valence-corrected chi connectivity index (χ2v) is 8.35. The zero-order valence-corrected chi connectivity index (χ0v) is 20.0. The number of carbonyl (C=O) groups excluding carboxylic acids is 1. The summed E-state index contributed by atoms with van der Waals surface area (Å²) in [6.07, 6.45) is 0. The summed E-state index contributed by atoms with van der Waals surface area (Å²) in [6, 6.07) is 10.4. The number of ether oxygens (including phenoxy) is 4. The zero-order chi connectivity index (χ0) is 24.7. The Morgan fingerprint density at radius 2 is 1.80 bits per heavy atom. The van der Waals surface area contributed by atoms with Gasteiger partial charge in [0.25, 0.3) is 5.56 Å². The van der Waals surface area contributed by atoms with Gasteiger partial charge in [-0.25, -0.2) is 4.52 Å². The van der Waals surface area contributed by atoms with Gasteiger partial charge < -0.3 is 24.3 Å². The van der Waals surface area contributed by atoms with Crippen LogP contribution in [-0.4, -0.2) is 47.5 Å². The first-order valence-corrected chi connectivity index (χ1v) is 11.2. The standard InChI is InChI=1S/C25H26N4O6/c1-14-9-23(30)27-25-17-11-20(32-3)21(33-4)12-18(17)28(29(14)25)13-24(31)26-15(2)16-5-6-19-22(10-16)35-8-7-34-19/h5-6,9-12,15H,7-8,13H2,1-4H3,(H,26,31). The van der Waals surface area contributed by atoms with Crippen molar-refractivity contribution in [1.29, 1.82) is 0 Å². The first-order chi connectivity index (χ1) is 16.9. The SMILES string of the molecule is COc1cc2c(cc1OC)n(CC(=O)NC(C)c1ccc3c(c1)OCCO3)n1c(C)cc(=O)nc21. The molecule has 10 nitrogen and oxygen atoms in total. The van der Waals surface area contributed by atoms with E-state index in [0.717, 1.165) is 5.56 Å². The summed E-state index contributed by atoms with van der Waals surface area (Å²) in [5.41, 5.74) is 2.33. The van der Waals surface area contributed by atoms with Gasteiger partial charge in [-0.3, -0.25) is 14.3 Å². The van der Waals surface area contributed by atoms with E-state index in [1.807, 2.05) is 25.1 Å². The Balaban J connectivity index is 1.51. The Labute approximate surface area is 201 Å². The van der Waals surface area contributed by atoms with Gasteiger partial charge in [-0.2, -0.15) is 4.98 Å². The maximum absolute atomic E-state index is 13.2. The van der Waals surface area contributed by atoms with E-state index in [2.05, 4.69) is 10.3 Å². The van der Waals surface area contributed by atoms with Crippen LogP contribution < -0.4 is 29.8 Å². The number of aryl methyl sites for hydroxylation is 1. The summed E-state index contributed by atoms with van der Waals surface area (Å²) < 4.78 is 25.7. The number of benzene rings is 2. The Bertz CT molecular complexity index is 1510. The maximum atomic E-state index is 13.2. The van der Waals surface area contributed by atoms with Crippen LogP contribution in [0.3, 0.4) is 0 Å². The molecule has 1 unspecified atom stereocenters. The highest BCUT2D eigenvalue weighted by atomic mass is 16.6. The summed E-state index contributed by atoms with van der Waals surface area (Å²) in [5, 5.41) is 3.72. The number of hydrogen-bond acceptors (Lipinski definition) is 7. The topological polar surface area (TPSA) is 105 Å². The fourth-order valence-electron chi connectivity index (χ4n) is 4.43. The molecule has 2 aromatic heterocycles. The summed E-state index contributed by atoms with van der Waals surface area (Å²) in [7, 11) is 3.09. The number of nitrogens with zero attached hydrogens (tertiary/aromatic N) is 3. The highest BCUT2D eigenvalue weighted by Gasteiger charge is 2.21. The van der Waals surface area contributed by atoms with Crippen LogP contribution in [0.25, 0.3) is 16.6 Å². The van der Waals surface area contributed by atoms with E-state index in [9.17, 15) is 9.59 Å². The number of methoxy groups -OCH3 is 2. The number of rotatable bonds is 6. The quantitative estimate of drug-likeness (QED) is 0.454. The van der Waals surface area contributed by atoms with Crippen molar-refractivity contribution in [1.82, 2.24) is 19.5 Å². The van der Waals surface area contributed by atoms with Gasteiger partial charge in [0.1, 0.15) is 19.8 Å². The molecule has 0 aliphatic carbocycles. The Kier molecular flexibility index (Phi) is 5.72. The largest absolute Gasteiger partial charge is 0.493 e. The minimum absolute atomic E-state index is 0.00420. The number of hydrogen-bond donors (Lipinski definition) is 1. The second-order valence-electron chi connectivity index (χ2n) is 8.35. The molecule has 5 rings (SSSR count). The Morgan fingerprint density at radius 3 is 2.54 bits per heavy atom. The summed E-state index contributed by atoms with van der Waals surface area (Å²) in [5.74, 6) is 2.18. The molecule has 35 heavy (non-hydrogen) atoms. The van der Waals surface area contributed by atoms with Crippen molar-refractivity contribution in [2.75, 3.05) is 27.4 Å². The van der Waals surface area contributed by atoms with E-state index in [-0.39, 0.29) is 24.1 Å². The molecule has 0 saturated heterocycles. The normalized spacial score (nSPS) is 13.6. The van der Waals surface area contributed by atoms with Gasteiger partial charge in [0, 0.05) is 23.2 Å². The predicted molar refractivity (Wildman–Crippen MR) is 129 cm³/mol. The first kappa shape index (κ1) is 22.6. The maximum Gasteiger partial charge on any atom is 0.273 e. The van der Waals surface area contributed by atoms with Crippen LogP contribution in [0.2, 0.25) is 0 Å². The van der Waals surface area contributed by atoms with Gasteiger partial charge >= 0.3 is 0 Å². The van der Waals surface area contributed by atoms with Crippen molar-refractivity contribution >= 4 is 22.5 Å². The van der Waals surface area contributed by atoms with Crippen LogP contribution in [0.15, 0.2) is 41.2 Å². The lowest BCUT2D eigenvalue weighted by Crippen LogP contribution is -2.31. The number of fused-ring (bicyclic) bond motifs is 4. The Hall–Kier alpha value is -4.21. The molecule has 1 N–H and O–H groups in total. The number of amides is 1. The van der Waals surface area contributed by atoms with Crippen molar-refractivity contribution in [3.05, 3.63) is 58.0 Å². The van der Waals surface area contributed by atoms with Crippen molar-refractivity contribution < 1.29 is 23.7 Å². The molecule has 0 radical (unpaired) electrons. The molecule has 1 aliphatic heterocycles. The van der Waals surface area contributed by atoms with Crippen LogP contribution in [0.4, 0.5) is 0 Å². The van der Waals surface area contributed by atoms with Crippen LogP contribution >= 0.6 is 0 Å². The smallest absolute Gasteiger partial charge is 0.273 e. The van der Waals surface area contributed by atoms with E-state index in [1.165, 1.54) is 6.07 Å². The summed E-state index contributed by atoms with van der Waals surface area (Å²) >= 11 is 0. The molecule has 4 aromatic rings. The third-order valence-corrected chi connectivity index (χ3v) is 6.08. The molecule has 1 amide bonds. The molecular formula is C25H26N4O6. The van der Waals surface area contributed by atoms with Gasteiger partial charge in [-0.15, -0.1) is 0 Å². The molecule has 0 saturated carbocycles. The van der Waals surface area contributed by atoms with Crippen molar-refractivity contribution in [2.24, 2.45) is 0 Å². The van der Waals surface area contributed by atoms with Crippen LogP contribution in [0.5, 0.6) is 23.0 Å². The molecule has 0 fully saturated rings. The minimum atomic E-state index is -0.354. The van der Waals surface area contributed by atoms with E-state index in [0.29, 0.717) is 58.5 Å². The van der Waals surface area contributed by atoms with E-state index >= 15 is 0 Å². The van der Waals surface area contributed by atoms with Gasteiger partial charge in [0.15, 0.2) is 28.6 Å². The fraction of sp³-hybridized carbons (Fsp3) is 0.320. The summed E-state index contributed by atoms with van der Waals surface area (Å²) in [6.45, 7) is 4.72. The predicted octanol–water partition coefficient (Wildman–Crippen LogP) is 2.62. The van der Waals surface area contributed by atoms with Gasteiger partial charge in [0.2, 0.25) is 5.91 Å². The highest BCUT2D eigenvalue weighted by Crippen LogP contribution is 2.35. The number of carbonyl (C=O) groups is 1. The third-order valence-electron chi connectivity index (χ3n) is 6.08. The Morgan fingerprint density at radius 1 is 1.09 bits per heavy atom. The van der Waals surface area contributed by atoms with Gasteiger partial charge in [0.05, 0.1) is 25.8 Å². The monoisotopic (exact) mass is 478 g/mol. The van der Waals surface area contributed by atoms with E-state index in [4.69, 9.17) is 18.9 Å². The number of nitrogens with one attached hydrogen (secondary N) is 1. The van der Waals surface area contributed by atoms with Crippen molar-refractivity contribution in [3.8, 4) is 23.0 Å². The van der Waals surface area contributed by atoms with Crippen molar-refractivity contribution in [2.45, 2.75) is 26.4 Å². The highest BCUT2D eigenvalue weighted by molar-refractivity contribution is 5.96. The minimum Gasteiger partial charge on any atom is -0.493 e. The van der Waals surface area contributed by atoms with Gasteiger partial charge in [-0.1, -0.05) is 6.07 Å². The van der Waals surface area contributed by atoms with Crippen LogP contribution in [-0.2, 0) is 11.3 Å².